The molecule has 118 valence electrons. The minimum Gasteiger partial charge on any atom is -0.381 e. The summed E-state index contributed by atoms with van der Waals surface area (Å²) in [5, 5.41) is 0. The van der Waals surface area contributed by atoms with Crippen LogP contribution in [0.1, 0.15) is 25.3 Å². The van der Waals surface area contributed by atoms with Gasteiger partial charge < -0.3 is 10.5 Å². The predicted molar refractivity (Wildman–Crippen MR) is 73.0 cm³/mol. The molecule has 8 heteroatoms. The quantitative estimate of drug-likeness (QED) is 0.875. The molecule has 0 spiro atoms. The molecule has 0 amide bonds. The van der Waals surface area contributed by atoms with Crippen LogP contribution in [-0.4, -0.2) is 27.2 Å². The number of nitrogens with one attached hydrogen (secondary N) is 1. The van der Waals surface area contributed by atoms with Crippen LogP contribution in [0.25, 0.3) is 0 Å². The molecule has 3 N–H and O–H groups in total. The molecule has 0 atom stereocenters. The molecule has 21 heavy (non-hydrogen) atoms. The number of hydrogen-bond acceptors (Lipinski definition) is 4. The Hall–Kier alpha value is -1.09. The highest BCUT2D eigenvalue weighted by Crippen LogP contribution is 2.25. The average Bonchev–Trinajstić information content (AvgIpc) is 2.41. The van der Waals surface area contributed by atoms with Crippen LogP contribution in [0.2, 0.25) is 0 Å². The lowest BCUT2D eigenvalue weighted by Gasteiger charge is -2.34. The van der Waals surface area contributed by atoms with Crippen LogP contribution >= 0.6 is 0 Å². The summed E-state index contributed by atoms with van der Waals surface area (Å²) in [6.45, 7) is 2.47. The van der Waals surface area contributed by atoms with Gasteiger partial charge in [0.2, 0.25) is 10.0 Å². The standard InChI is InChI=1S/C13H18F2N2O3S/c1-13(2-4-20-5-3-13)17-21(18,19)11-7-9(8-16)6-10(14)12(11)15/h6-7,17H,2-5,8,16H2,1H3. The number of sulfonamides is 1. The number of halogens is 2. The lowest BCUT2D eigenvalue weighted by Crippen LogP contribution is -2.49. The van der Waals surface area contributed by atoms with Crippen molar-refractivity contribution < 1.29 is 21.9 Å². The van der Waals surface area contributed by atoms with Gasteiger partial charge in [0.05, 0.1) is 0 Å². The van der Waals surface area contributed by atoms with Gasteiger partial charge in [0.15, 0.2) is 11.6 Å². The molecule has 1 aromatic carbocycles. The summed E-state index contributed by atoms with van der Waals surface area (Å²) in [5.41, 5.74) is 4.85. The normalized spacial score (nSPS) is 18.7. The molecule has 1 aliphatic rings. The van der Waals surface area contributed by atoms with Gasteiger partial charge in [0.1, 0.15) is 4.90 Å². The Balaban J connectivity index is 2.37. The zero-order valence-corrected chi connectivity index (χ0v) is 12.5. The van der Waals surface area contributed by atoms with Gasteiger partial charge >= 0.3 is 0 Å². The fourth-order valence-electron chi connectivity index (χ4n) is 2.23. The monoisotopic (exact) mass is 320 g/mol. The summed E-state index contributed by atoms with van der Waals surface area (Å²) < 4.78 is 59.6. The van der Waals surface area contributed by atoms with Gasteiger partial charge in [0, 0.05) is 25.3 Å². The van der Waals surface area contributed by atoms with E-state index in [4.69, 9.17) is 10.5 Å². The summed E-state index contributed by atoms with van der Waals surface area (Å²) in [4.78, 5) is -0.712. The van der Waals surface area contributed by atoms with Crippen molar-refractivity contribution in [3.8, 4) is 0 Å². The zero-order valence-electron chi connectivity index (χ0n) is 11.7. The van der Waals surface area contributed by atoms with Crippen LogP contribution in [0.3, 0.4) is 0 Å². The van der Waals surface area contributed by atoms with E-state index in [-0.39, 0.29) is 12.1 Å². The summed E-state index contributed by atoms with van der Waals surface area (Å²) in [7, 11) is -4.18. The molecule has 1 heterocycles. The SMILES string of the molecule is CC1(NS(=O)(=O)c2cc(CN)cc(F)c2F)CCOCC1. The second kappa shape index (κ2) is 5.96. The van der Waals surface area contributed by atoms with Crippen molar-refractivity contribution in [3.05, 3.63) is 29.3 Å². The molecular formula is C13H18F2N2O3S. The van der Waals surface area contributed by atoms with Crippen molar-refractivity contribution in [2.24, 2.45) is 5.73 Å². The Morgan fingerprint density at radius 2 is 1.95 bits per heavy atom. The molecule has 0 aromatic heterocycles. The van der Waals surface area contributed by atoms with Crippen LogP contribution in [0.4, 0.5) is 8.78 Å². The van der Waals surface area contributed by atoms with Crippen molar-refractivity contribution in [2.75, 3.05) is 13.2 Å². The molecule has 0 unspecified atom stereocenters. The van der Waals surface area contributed by atoms with E-state index in [1.54, 1.807) is 6.92 Å². The fourth-order valence-corrected chi connectivity index (χ4v) is 3.84. The smallest absolute Gasteiger partial charge is 0.244 e. The van der Waals surface area contributed by atoms with Gasteiger partial charge in [-0.3, -0.25) is 0 Å². The van der Waals surface area contributed by atoms with Gasteiger partial charge in [0.25, 0.3) is 0 Å². The van der Waals surface area contributed by atoms with E-state index < -0.39 is 32.1 Å². The number of rotatable bonds is 4. The maximum atomic E-state index is 13.8. The average molecular weight is 320 g/mol. The number of hydrogen-bond donors (Lipinski definition) is 2. The third kappa shape index (κ3) is 3.57. The summed E-state index contributed by atoms with van der Waals surface area (Å²) in [6, 6.07) is 1.95. The van der Waals surface area contributed by atoms with Crippen molar-refractivity contribution in [1.82, 2.24) is 4.72 Å². The molecule has 1 aromatic rings. The van der Waals surface area contributed by atoms with Crippen molar-refractivity contribution >= 4 is 10.0 Å². The molecule has 5 nitrogen and oxygen atoms in total. The van der Waals surface area contributed by atoms with Gasteiger partial charge in [-0.25, -0.2) is 21.9 Å². The first-order valence-corrected chi connectivity index (χ1v) is 8.05. The minimum atomic E-state index is -4.18. The molecule has 0 aliphatic carbocycles. The van der Waals surface area contributed by atoms with E-state index in [0.29, 0.717) is 26.1 Å². The highest BCUT2D eigenvalue weighted by Gasteiger charge is 2.34. The number of nitrogens with two attached hydrogens (primary N) is 1. The molecular weight excluding hydrogens is 302 g/mol. The lowest BCUT2D eigenvalue weighted by molar-refractivity contribution is 0.0537. The lowest BCUT2D eigenvalue weighted by atomic mass is 9.94. The third-order valence-corrected chi connectivity index (χ3v) is 5.19. The molecule has 1 aliphatic heterocycles. The Morgan fingerprint density at radius 3 is 2.52 bits per heavy atom. The summed E-state index contributed by atoms with van der Waals surface area (Å²) >= 11 is 0. The molecule has 0 saturated carbocycles. The van der Waals surface area contributed by atoms with E-state index in [9.17, 15) is 17.2 Å². The molecule has 1 saturated heterocycles. The van der Waals surface area contributed by atoms with E-state index in [1.807, 2.05) is 0 Å². The highest BCUT2D eigenvalue weighted by atomic mass is 32.2. The Kier molecular flexibility index (Phi) is 4.62. The van der Waals surface area contributed by atoms with Gasteiger partial charge in [-0.1, -0.05) is 0 Å². The molecule has 2 rings (SSSR count). The zero-order chi connectivity index (χ0) is 15.7. The fraction of sp³-hybridized carbons (Fsp3) is 0.538. The predicted octanol–water partition coefficient (Wildman–Crippen LogP) is 1.27. The largest absolute Gasteiger partial charge is 0.381 e. The van der Waals surface area contributed by atoms with Crippen molar-refractivity contribution in [1.29, 1.82) is 0 Å². The minimum absolute atomic E-state index is 0.0785. The Morgan fingerprint density at radius 1 is 1.33 bits per heavy atom. The van der Waals surface area contributed by atoms with Crippen LogP contribution in [0.5, 0.6) is 0 Å². The molecule has 0 radical (unpaired) electrons. The Labute approximate surface area is 122 Å². The van der Waals surface area contributed by atoms with Crippen LogP contribution < -0.4 is 10.5 Å². The number of ether oxygens (including phenoxy) is 1. The summed E-state index contributed by atoms with van der Waals surface area (Å²) in [5.74, 6) is -2.62. The van der Waals surface area contributed by atoms with E-state index in [2.05, 4.69) is 4.72 Å². The van der Waals surface area contributed by atoms with E-state index in [0.717, 1.165) is 12.1 Å². The first-order chi connectivity index (χ1) is 9.77. The second-order valence-corrected chi connectivity index (χ2v) is 7.02. The Bertz CT molecular complexity index is 629. The van der Waals surface area contributed by atoms with Gasteiger partial charge in [-0.2, -0.15) is 0 Å². The summed E-state index contributed by atoms with van der Waals surface area (Å²) in [6.07, 6.45) is 0.930. The van der Waals surface area contributed by atoms with Crippen LogP contribution in [-0.2, 0) is 21.3 Å². The third-order valence-electron chi connectivity index (χ3n) is 3.56. The highest BCUT2D eigenvalue weighted by molar-refractivity contribution is 7.89. The van der Waals surface area contributed by atoms with Crippen LogP contribution in [0.15, 0.2) is 17.0 Å². The molecule has 0 bridgehead atoms. The van der Waals surface area contributed by atoms with Crippen molar-refractivity contribution in [3.63, 3.8) is 0 Å². The van der Waals surface area contributed by atoms with E-state index in [1.165, 1.54) is 0 Å². The van der Waals surface area contributed by atoms with E-state index >= 15 is 0 Å². The van der Waals surface area contributed by atoms with Crippen molar-refractivity contribution in [2.45, 2.75) is 36.7 Å². The maximum Gasteiger partial charge on any atom is 0.244 e. The first-order valence-electron chi connectivity index (χ1n) is 6.57. The first kappa shape index (κ1) is 16.3. The maximum absolute atomic E-state index is 13.8. The topological polar surface area (TPSA) is 81.4 Å². The van der Waals surface area contributed by atoms with Crippen LogP contribution in [0, 0.1) is 11.6 Å². The molecule has 1 fully saturated rings. The second-order valence-electron chi connectivity index (χ2n) is 5.37. The van der Waals surface area contributed by atoms with Gasteiger partial charge in [-0.15, -0.1) is 0 Å². The number of benzene rings is 1. The van der Waals surface area contributed by atoms with Gasteiger partial charge in [-0.05, 0) is 37.5 Å².